The van der Waals surface area contributed by atoms with Crippen LogP contribution in [-0.2, 0) is 14.4 Å². The van der Waals surface area contributed by atoms with E-state index in [2.05, 4.69) is 31.1 Å². The average Bonchev–Trinajstić information content (AvgIpc) is 2.85. The standard InChI is InChI=1S/C22H24ClN3O2S.C4H4O4/c1-25(2)10-3-11-28-18-8-9-20-19(13-18)22-15(14-29-20)12-21(27)26(24-22)17-6-4-16(23)5-7-17;5-3(6)1-2-4(7)8/h4-9,13,15H,3,10-12,14H2,1-2H3;1-2H,(H,5,6)(H,7,8). The molecule has 196 valence electrons. The fourth-order valence-electron chi connectivity index (χ4n) is 3.66. The SMILES string of the molecule is CN(C)CCCOc1ccc2c(c1)C1=NN(c3ccc(Cl)cc3)C(=O)CC1CS2.O=C(O)C=CC(=O)O. The minimum atomic E-state index is -1.26. The topological polar surface area (TPSA) is 120 Å². The molecule has 1 unspecified atom stereocenters. The van der Waals surface area contributed by atoms with Crippen LogP contribution in [0.25, 0.3) is 0 Å². The van der Waals surface area contributed by atoms with Crippen LogP contribution in [0.15, 0.2) is 64.6 Å². The molecule has 11 heteroatoms. The van der Waals surface area contributed by atoms with E-state index in [0.717, 1.165) is 41.4 Å². The van der Waals surface area contributed by atoms with Gasteiger partial charge in [0.25, 0.3) is 0 Å². The van der Waals surface area contributed by atoms with Crippen molar-refractivity contribution in [2.45, 2.75) is 17.7 Å². The van der Waals surface area contributed by atoms with Gasteiger partial charge in [0.1, 0.15) is 5.75 Å². The van der Waals surface area contributed by atoms with Crippen molar-refractivity contribution in [1.29, 1.82) is 0 Å². The van der Waals surface area contributed by atoms with Crippen LogP contribution in [0.1, 0.15) is 18.4 Å². The van der Waals surface area contributed by atoms with Crippen molar-refractivity contribution in [1.82, 2.24) is 4.90 Å². The molecule has 0 aliphatic carbocycles. The predicted molar refractivity (Wildman–Crippen MR) is 144 cm³/mol. The lowest BCUT2D eigenvalue weighted by molar-refractivity contribution is -0.134. The van der Waals surface area contributed by atoms with Gasteiger partial charge in [0, 0.05) is 52.3 Å². The second-order valence-electron chi connectivity index (χ2n) is 8.55. The Balaban J connectivity index is 0.000000414. The number of fused-ring (bicyclic) bond motifs is 3. The molecule has 9 nitrogen and oxygen atoms in total. The van der Waals surface area contributed by atoms with Gasteiger partial charge in [0.05, 0.1) is 18.0 Å². The minimum Gasteiger partial charge on any atom is -0.494 e. The molecule has 37 heavy (non-hydrogen) atoms. The van der Waals surface area contributed by atoms with Crippen LogP contribution in [0.5, 0.6) is 5.75 Å². The molecular formula is C26H28ClN3O6S. The Labute approximate surface area is 224 Å². The number of aliphatic carboxylic acids is 2. The van der Waals surface area contributed by atoms with E-state index in [1.54, 1.807) is 23.9 Å². The number of rotatable bonds is 8. The van der Waals surface area contributed by atoms with Crippen molar-refractivity contribution in [2.75, 3.05) is 38.0 Å². The number of carboxylic acids is 2. The van der Waals surface area contributed by atoms with Gasteiger partial charge in [-0.2, -0.15) is 5.10 Å². The number of benzene rings is 2. The Bertz CT molecular complexity index is 1180. The molecule has 2 N–H and O–H groups in total. The molecular weight excluding hydrogens is 518 g/mol. The molecule has 0 radical (unpaired) electrons. The Morgan fingerprint density at radius 3 is 2.46 bits per heavy atom. The fourth-order valence-corrected chi connectivity index (χ4v) is 4.93. The first-order valence-electron chi connectivity index (χ1n) is 11.5. The number of hydrogen-bond donors (Lipinski definition) is 2. The predicted octanol–water partition coefficient (Wildman–Crippen LogP) is 4.25. The summed E-state index contributed by atoms with van der Waals surface area (Å²) in [6, 6.07) is 13.4. The van der Waals surface area contributed by atoms with Gasteiger partial charge in [0.2, 0.25) is 5.91 Å². The highest BCUT2D eigenvalue weighted by molar-refractivity contribution is 7.99. The second-order valence-corrected chi connectivity index (χ2v) is 10.1. The quantitative estimate of drug-likeness (QED) is 0.373. The highest BCUT2D eigenvalue weighted by Crippen LogP contribution is 2.39. The summed E-state index contributed by atoms with van der Waals surface area (Å²) in [7, 11) is 4.12. The van der Waals surface area contributed by atoms with Gasteiger partial charge in [-0.1, -0.05) is 11.6 Å². The summed E-state index contributed by atoms with van der Waals surface area (Å²) in [5, 5.41) is 22.5. The number of carboxylic acid groups (broad SMARTS) is 2. The number of ether oxygens (including phenoxy) is 1. The zero-order valence-corrected chi connectivity index (χ0v) is 22.0. The fraction of sp³-hybridized carbons (Fsp3) is 0.308. The molecule has 0 spiro atoms. The monoisotopic (exact) mass is 545 g/mol. The van der Waals surface area contributed by atoms with Crippen LogP contribution < -0.4 is 9.75 Å². The van der Waals surface area contributed by atoms with Gasteiger partial charge in [-0.3, -0.25) is 4.79 Å². The average molecular weight is 546 g/mol. The molecule has 0 aromatic heterocycles. The highest BCUT2D eigenvalue weighted by atomic mass is 35.5. The van der Waals surface area contributed by atoms with E-state index in [4.69, 9.17) is 31.7 Å². The van der Waals surface area contributed by atoms with Crippen LogP contribution >= 0.6 is 23.4 Å². The van der Waals surface area contributed by atoms with E-state index >= 15 is 0 Å². The van der Waals surface area contributed by atoms with Crippen molar-refractivity contribution < 1.29 is 29.3 Å². The second kappa shape index (κ2) is 13.3. The Morgan fingerprint density at radius 1 is 1.16 bits per heavy atom. The summed E-state index contributed by atoms with van der Waals surface area (Å²) in [6.45, 7) is 1.67. The van der Waals surface area contributed by atoms with E-state index < -0.39 is 11.9 Å². The largest absolute Gasteiger partial charge is 0.494 e. The first kappa shape index (κ1) is 28.2. The number of amides is 1. The third-order valence-corrected chi connectivity index (χ3v) is 6.86. The Kier molecular flexibility index (Phi) is 10.1. The molecule has 4 rings (SSSR count). The van der Waals surface area contributed by atoms with Crippen molar-refractivity contribution >= 4 is 52.6 Å². The molecule has 1 atom stereocenters. The van der Waals surface area contributed by atoms with Gasteiger partial charge in [-0.15, -0.1) is 11.8 Å². The van der Waals surface area contributed by atoms with Crippen LogP contribution in [0.2, 0.25) is 5.02 Å². The van der Waals surface area contributed by atoms with Gasteiger partial charge in [-0.25, -0.2) is 14.6 Å². The molecule has 2 aromatic rings. The summed E-state index contributed by atoms with van der Waals surface area (Å²) in [4.78, 5) is 35.1. The van der Waals surface area contributed by atoms with Gasteiger partial charge < -0.3 is 19.8 Å². The molecule has 2 aliphatic rings. The summed E-state index contributed by atoms with van der Waals surface area (Å²) in [5.41, 5.74) is 2.77. The number of thioether (sulfide) groups is 1. The number of carbonyl (C=O) groups is 3. The van der Waals surface area contributed by atoms with E-state index in [0.29, 0.717) is 30.2 Å². The van der Waals surface area contributed by atoms with Crippen molar-refractivity contribution in [3.63, 3.8) is 0 Å². The normalized spacial score (nSPS) is 16.4. The third-order valence-electron chi connectivity index (χ3n) is 5.38. The van der Waals surface area contributed by atoms with Gasteiger partial charge in [-0.05, 0) is 63.0 Å². The summed E-state index contributed by atoms with van der Waals surface area (Å²) >= 11 is 7.78. The number of hydrazone groups is 1. The first-order chi connectivity index (χ1) is 17.6. The first-order valence-corrected chi connectivity index (χ1v) is 12.9. The van der Waals surface area contributed by atoms with E-state index in [-0.39, 0.29) is 11.8 Å². The number of anilines is 1. The molecule has 0 saturated heterocycles. The minimum absolute atomic E-state index is 0.0150. The molecule has 2 heterocycles. The third kappa shape index (κ3) is 8.34. The molecule has 2 aliphatic heterocycles. The lowest BCUT2D eigenvalue weighted by Gasteiger charge is -2.33. The van der Waals surface area contributed by atoms with E-state index in [1.807, 2.05) is 18.2 Å². The summed E-state index contributed by atoms with van der Waals surface area (Å²) in [5.74, 6) is -0.648. The Morgan fingerprint density at radius 2 is 1.84 bits per heavy atom. The smallest absolute Gasteiger partial charge is 0.328 e. The molecule has 1 amide bonds. The zero-order valence-electron chi connectivity index (χ0n) is 20.5. The van der Waals surface area contributed by atoms with Gasteiger partial charge in [0.15, 0.2) is 0 Å². The van der Waals surface area contributed by atoms with Crippen molar-refractivity contribution in [3.8, 4) is 5.75 Å². The highest BCUT2D eigenvalue weighted by Gasteiger charge is 2.35. The lowest BCUT2D eigenvalue weighted by atomic mass is 9.92. The molecule has 0 bridgehead atoms. The van der Waals surface area contributed by atoms with Crippen LogP contribution in [0.3, 0.4) is 0 Å². The van der Waals surface area contributed by atoms with E-state index in [1.165, 1.54) is 9.90 Å². The number of hydrogen-bond acceptors (Lipinski definition) is 7. The van der Waals surface area contributed by atoms with E-state index in [9.17, 15) is 14.4 Å². The maximum Gasteiger partial charge on any atom is 0.328 e. The maximum atomic E-state index is 12.7. The van der Waals surface area contributed by atoms with Crippen LogP contribution in [0, 0.1) is 5.92 Å². The number of nitrogens with zero attached hydrogens (tertiary/aromatic N) is 3. The van der Waals surface area contributed by atoms with Crippen molar-refractivity contribution in [3.05, 3.63) is 65.2 Å². The maximum absolute atomic E-state index is 12.7. The molecule has 0 fully saturated rings. The van der Waals surface area contributed by atoms with Gasteiger partial charge >= 0.3 is 11.9 Å². The lowest BCUT2D eigenvalue weighted by Crippen LogP contribution is -2.39. The summed E-state index contributed by atoms with van der Waals surface area (Å²) < 4.78 is 5.96. The van der Waals surface area contributed by atoms with Crippen LogP contribution in [-0.4, -0.2) is 71.7 Å². The molecule has 0 saturated carbocycles. The molecule has 2 aromatic carbocycles. The number of carbonyl (C=O) groups excluding carboxylic acids is 1. The van der Waals surface area contributed by atoms with Crippen LogP contribution in [0.4, 0.5) is 5.69 Å². The summed E-state index contributed by atoms with van der Waals surface area (Å²) in [6.07, 6.45) is 2.55. The van der Waals surface area contributed by atoms with Crippen molar-refractivity contribution in [2.24, 2.45) is 11.0 Å². The Hall–Kier alpha value is -3.34. The zero-order chi connectivity index (χ0) is 26.9. The number of halogens is 1.